The Morgan fingerprint density at radius 1 is 0.788 bits per heavy atom. The average Bonchev–Trinajstić information content (AvgIpc) is 2.85. The van der Waals surface area contributed by atoms with Gasteiger partial charge in [0.1, 0.15) is 5.82 Å². The highest BCUT2D eigenvalue weighted by atomic mass is 19.1. The standard InChI is InChI=1S/C27H25FN2O3/c28-23-10-6-20(7-11-23)27(33)22-14-16-30(17-15-22)18-25(31)29-24-12-8-21(9-13-24)26(32)19-4-2-1-3-5-19/h1-13,22H,14-18H2,(H,29,31). The molecule has 0 bridgehead atoms. The largest absolute Gasteiger partial charge is 0.325 e. The minimum Gasteiger partial charge on any atom is -0.325 e. The van der Waals surface area contributed by atoms with Gasteiger partial charge in [0.15, 0.2) is 11.6 Å². The van der Waals surface area contributed by atoms with Crippen LogP contribution in [-0.4, -0.2) is 42.0 Å². The van der Waals surface area contributed by atoms with E-state index >= 15 is 0 Å². The Labute approximate surface area is 192 Å². The minimum atomic E-state index is -0.357. The molecule has 4 rings (SSSR count). The van der Waals surface area contributed by atoms with Crippen molar-refractivity contribution in [2.24, 2.45) is 5.92 Å². The maximum atomic E-state index is 13.1. The van der Waals surface area contributed by atoms with Crippen molar-refractivity contribution < 1.29 is 18.8 Å². The van der Waals surface area contributed by atoms with E-state index in [2.05, 4.69) is 5.32 Å². The predicted octanol–water partition coefficient (Wildman–Crippen LogP) is 4.59. The van der Waals surface area contributed by atoms with Crippen LogP contribution in [0.1, 0.15) is 39.1 Å². The number of Topliss-reactive ketones (excluding diaryl/α,β-unsaturated/α-hetero) is 1. The highest BCUT2D eigenvalue weighted by Gasteiger charge is 2.26. The summed E-state index contributed by atoms with van der Waals surface area (Å²) in [6.45, 7) is 1.53. The maximum Gasteiger partial charge on any atom is 0.238 e. The van der Waals surface area contributed by atoms with Gasteiger partial charge in [0.25, 0.3) is 0 Å². The molecule has 33 heavy (non-hydrogen) atoms. The summed E-state index contributed by atoms with van der Waals surface area (Å²) in [5.41, 5.74) is 2.34. The second-order valence-corrected chi connectivity index (χ2v) is 8.24. The normalized spacial score (nSPS) is 14.6. The number of carbonyl (C=O) groups is 3. The molecule has 1 amide bonds. The molecule has 1 saturated heterocycles. The van der Waals surface area contributed by atoms with E-state index in [4.69, 9.17) is 0 Å². The fraction of sp³-hybridized carbons (Fsp3) is 0.222. The lowest BCUT2D eigenvalue weighted by atomic mass is 9.89. The van der Waals surface area contributed by atoms with E-state index in [-0.39, 0.29) is 35.8 Å². The third-order valence-corrected chi connectivity index (χ3v) is 5.92. The fourth-order valence-corrected chi connectivity index (χ4v) is 4.07. The Bertz CT molecular complexity index is 1120. The van der Waals surface area contributed by atoms with Gasteiger partial charge in [-0.05, 0) is 74.5 Å². The Hall–Kier alpha value is -3.64. The highest BCUT2D eigenvalue weighted by Crippen LogP contribution is 2.22. The van der Waals surface area contributed by atoms with Gasteiger partial charge in [-0.15, -0.1) is 0 Å². The van der Waals surface area contributed by atoms with E-state index in [1.54, 1.807) is 36.4 Å². The van der Waals surface area contributed by atoms with Crippen LogP contribution in [0.15, 0.2) is 78.9 Å². The smallest absolute Gasteiger partial charge is 0.238 e. The number of piperidine rings is 1. The van der Waals surface area contributed by atoms with Gasteiger partial charge in [-0.2, -0.15) is 0 Å². The number of nitrogens with zero attached hydrogens (tertiary/aromatic N) is 1. The van der Waals surface area contributed by atoms with Gasteiger partial charge in [0, 0.05) is 28.3 Å². The van der Waals surface area contributed by atoms with E-state index in [1.165, 1.54) is 24.3 Å². The van der Waals surface area contributed by atoms with Crippen molar-refractivity contribution in [3.05, 3.63) is 101 Å². The number of benzene rings is 3. The molecule has 0 atom stereocenters. The lowest BCUT2D eigenvalue weighted by molar-refractivity contribution is -0.117. The van der Waals surface area contributed by atoms with Crippen molar-refractivity contribution in [3.63, 3.8) is 0 Å². The fourth-order valence-electron chi connectivity index (χ4n) is 4.07. The Morgan fingerprint density at radius 2 is 1.36 bits per heavy atom. The van der Waals surface area contributed by atoms with Crippen molar-refractivity contribution in [1.29, 1.82) is 0 Å². The number of ketones is 2. The number of hydrogen-bond donors (Lipinski definition) is 1. The van der Waals surface area contributed by atoms with Crippen LogP contribution in [0.5, 0.6) is 0 Å². The molecule has 5 nitrogen and oxygen atoms in total. The number of anilines is 1. The third-order valence-electron chi connectivity index (χ3n) is 5.92. The average molecular weight is 445 g/mol. The van der Waals surface area contributed by atoms with Gasteiger partial charge < -0.3 is 5.32 Å². The molecular formula is C27H25FN2O3. The van der Waals surface area contributed by atoms with Crippen molar-refractivity contribution in [2.75, 3.05) is 25.0 Å². The van der Waals surface area contributed by atoms with Gasteiger partial charge in [0.05, 0.1) is 6.54 Å². The second-order valence-electron chi connectivity index (χ2n) is 8.24. The Morgan fingerprint density at radius 3 is 2.00 bits per heavy atom. The summed E-state index contributed by atoms with van der Waals surface area (Å²) in [5.74, 6) is -0.634. The molecule has 0 saturated carbocycles. The topological polar surface area (TPSA) is 66.5 Å². The quantitative estimate of drug-likeness (QED) is 0.542. The SMILES string of the molecule is O=C(CN1CCC(C(=O)c2ccc(F)cc2)CC1)Nc1ccc(C(=O)c2ccccc2)cc1. The number of halogens is 1. The second kappa shape index (κ2) is 10.3. The van der Waals surface area contributed by atoms with Crippen LogP contribution < -0.4 is 5.32 Å². The molecule has 1 N–H and O–H groups in total. The van der Waals surface area contributed by atoms with Crippen LogP contribution >= 0.6 is 0 Å². The first-order valence-electron chi connectivity index (χ1n) is 11.0. The molecule has 1 fully saturated rings. The number of amides is 1. The summed E-state index contributed by atoms with van der Waals surface area (Å²) in [6, 6.07) is 21.6. The molecule has 0 aliphatic carbocycles. The van der Waals surface area contributed by atoms with E-state index < -0.39 is 0 Å². The van der Waals surface area contributed by atoms with Gasteiger partial charge in [0.2, 0.25) is 5.91 Å². The third kappa shape index (κ3) is 5.79. The summed E-state index contributed by atoms with van der Waals surface area (Å²) < 4.78 is 13.1. The molecule has 0 spiro atoms. The van der Waals surface area contributed by atoms with E-state index in [0.29, 0.717) is 48.3 Å². The van der Waals surface area contributed by atoms with Crippen LogP contribution in [0.3, 0.4) is 0 Å². The first kappa shape index (κ1) is 22.6. The monoisotopic (exact) mass is 444 g/mol. The van der Waals surface area contributed by atoms with Crippen LogP contribution in [0.2, 0.25) is 0 Å². The highest BCUT2D eigenvalue weighted by molar-refractivity contribution is 6.09. The molecule has 0 aromatic heterocycles. The zero-order valence-corrected chi connectivity index (χ0v) is 18.2. The van der Waals surface area contributed by atoms with Crippen molar-refractivity contribution in [2.45, 2.75) is 12.8 Å². The summed E-state index contributed by atoms with van der Waals surface area (Å²) >= 11 is 0. The number of nitrogens with one attached hydrogen (secondary N) is 1. The van der Waals surface area contributed by atoms with Gasteiger partial charge in [-0.1, -0.05) is 30.3 Å². The zero-order valence-electron chi connectivity index (χ0n) is 18.2. The molecule has 0 radical (unpaired) electrons. The van der Waals surface area contributed by atoms with Gasteiger partial charge >= 0.3 is 0 Å². The molecule has 3 aromatic rings. The Balaban J connectivity index is 1.25. The number of carbonyl (C=O) groups excluding carboxylic acids is 3. The van der Waals surface area contributed by atoms with Crippen molar-refractivity contribution >= 4 is 23.2 Å². The molecule has 168 valence electrons. The minimum absolute atomic E-state index is 0.0317. The zero-order chi connectivity index (χ0) is 23.2. The van der Waals surface area contributed by atoms with E-state index in [9.17, 15) is 18.8 Å². The molecule has 1 aliphatic heterocycles. The molecule has 0 unspecified atom stereocenters. The predicted molar refractivity (Wildman–Crippen MR) is 125 cm³/mol. The number of hydrogen-bond acceptors (Lipinski definition) is 4. The van der Waals surface area contributed by atoms with Crippen LogP contribution in [0.25, 0.3) is 0 Å². The van der Waals surface area contributed by atoms with Crippen LogP contribution in [0.4, 0.5) is 10.1 Å². The molecule has 1 heterocycles. The lowest BCUT2D eigenvalue weighted by Crippen LogP contribution is -2.40. The first-order chi connectivity index (χ1) is 16.0. The van der Waals surface area contributed by atoms with Gasteiger partial charge in [-0.3, -0.25) is 19.3 Å². The van der Waals surface area contributed by atoms with E-state index in [1.807, 2.05) is 23.1 Å². The van der Waals surface area contributed by atoms with Crippen LogP contribution in [0, 0.1) is 11.7 Å². The molecule has 6 heteroatoms. The lowest BCUT2D eigenvalue weighted by Gasteiger charge is -2.30. The van der Waals surface area contributed by atoms with Crippen molar-refractivity contribution in [1.82, 2.24) is 4.90 Å². The van der Waals surface area contributed by atoms with Crippen LogP contribution in [-0.2, 0) is 4.79 Å². The maximum absolute atomic E-state index is 13.1. The van der Waals surface area contributed by atoms with Gasteiger partial charge in [-0.25, -0.2) is 4.39 Å². The van der Waals surface area contributed by atoms with Crippen molar-refractivity contribution in [3.8, 4) is 0 Å². The Kier molecular flexibility index (Phi) is 7.05. The summed E-state index contributed by atoms with van der Waals surface area (Å²) in [7, 11) is 0. The summed E-state index contributed by atoms with van der Waals surface area (Å²) in [5, 5.41) is 2.87. The number of rotatable bonds is 7. The molecule has 1 aliphatic rings. The molecular weight excluding hydrogens is 419 g/mol. The van der Waals surface area contributed by atoms with E-state index in [0.717, 1.165) is 0 Å². The first-order valence-corrected chi connectivity index (χ1v) is 11.0. The summed E-state index contributed by atoms with van der Waals surface area (Å²) in [4.78, 5) is 39.6. The molecule has 3 aromatic carbocycles. The number of likely N-dealkylation sites (tertiary alicyclic amines) is 1. The summed E-state index contributed by atoms with van der Waals surface area (Å²) in [6.07, 6.45) is 1.33.